The van der Waals surface area contributed by atoms with E-state index in [-0.39, 0.29) is 28.4 Å². The lowest BCUT2D eigenvalue weighted by molar-refractivity contribution is 0.314. The molecule has 0 saturated carbocycles. The Labute approximate surface area is 129 Å². The lowest BCUT2D eigenvalue weighted by atomic mass is 10.1. The summed E-state index contributed by atoms with van der Waals surface area (Å²) in [5, 5.41) is 0.145. The van der Waals surface area contributed by atoms with Gasteiger partial charge in [-0.15, -0.1) is 11.6 Å². The lowest BCUT2D eigenvalue weighted by Gasteiger charge is -2.27. The second-order valence-electron chi connectivity index (χ2n) is 5.02. The molecule has 0 aliphatic heterocycles. The zero-order valence-electron chi connectivity index (χ0n) is 11.8. The maximum atomic E-state index is 14.2. The summed E-state index contributed by atoms with van der Waals surface area (Å²) in [6.07, 6.45) is 0. The van der Waals surface area contributed by atoms with Crippen molar-refractivity contribution in [2.45, 2.75) is 37.6 Å². The van der Waals surface area contributed by atoms with Crippen LogP contribution in [0.2, 0.25) is 5.02 Å². The van der Waals surface area contributed by atoms with Gasteiger partial charge < -0.3 is 0 Å². The Morgan fingerprint density at radius 3 is 2.30 bits per heavy atom. The van der Waals surface area contributed by atoms with Gasteiger partial charge in [0.05, 0.1) is 5.88 Å². The smallest absolute Gasteiger partial charge is 0.207 e. The van der Waals surface area contributed by atoms with E-state index in [0.29, 0.717) is 0 Å². The van der Waals surface area contributed by atoms with Crippen molar-refractivity contribution in [3.05, 3.63) is 28.5 Å². The molecule has 0 aromatic heterocycles. The predicted molar refractivity (Wildman–Crippen MR) is 80.2 cm³/mol. The largest absolute Gasteiger partial charge is 0.246 e. The van der Waals surface area contributed by atoms with E-state index in [2.05, 4.69) is 0 Å². The van der Waals surface area contributed by atoms with Crippen molar-refractivity contribution >= 4 is 33.2 Å². The molecular formula is C13H18Cl2FNO2S. The Balaban J connectivity index is 3.39. The van der Waals surface area contributed by atoms with Crippen LogP contribution in [0.1, 0.15) is 26.3 Å². The summed E-state index contributed by atoms with van der Waals surface area (Å²) < 4.78 is 40.4. The fraction of sp³-hybridized carbons (Fsp3) is 0.538. The molecule has 1 unspecified atom stereocenters. The zero-order valence-corrected chi connectivity index (χ0v) is 14.2. The van der Waals surface area contributed by atoms with Crippen LogP contribution in [0.4, 0.5) is 4.39 Å². The molecule has 0 aliphatic carbocycles. The first-order chi connectivity index (χ1) is 9.12. The first-order valence-corrected chi connectivity index (χ1v) is 8.50. The maximum Gasteiger partial charge on any atom is 0.246 e. The Morgan fingerprint density at radius 1 is 1.30 bits per heavy atom. The van der Waals surface area contributed by atoms with Crippen molar-refractivity contribution in [3.63, 3.8) is 0 Å². The van der Waals surface area contributed by atoms with Crippen LogP contribution in [-0.2, 0) is 15.9 Å². The van der Waals surface area contributed by atoms with Crippen molar-refractivity contribution in [1.29, 1.82) is 0 Å². The lowest BCUT2D eigenvalue weighted by Crippen LogP contribution is -2.38. The number of benzene rings is 1. The first-order valence-electron chi connectivity index (χ1n) is 6.14. The average Bonchev–Trinajstić information content (AvgIpc) is 2.38. The van der Waals surface area contributed by atoms with Crippen LogP contribution in [0.15, 0.2) is 17.0 Å². The van der Waals surface area contributed by atoms with Crippen LogP contribution in [0.3, 0.4) is 0 Å². The molecule has 0 bridgehead atoms. The second kappa shape index (κ2) is 6.60. The van der Waals surface area contributed by atoms with Crippen LogP contribution in [0.25, 0.3) is 0 Å². The SMILES string of the molecule is CC(C)C(C)N(C)S(=O)(=O)c1cc(Cl)cc(CCl)c1F. The Bertz CT molecular complexity index is 590. The van der Waals surface area contributed by atoms with Gasteiger partial charge in [0.15, 0.2) is 0 Å². The minimum Gasteiger partial charge on any atom is -0.207 e. The molecule has 0 heterocycles. The van der Waals surface area contributed by atoms with Gasteiger partial charge in [0, 0.05) is 23.7 Å². The third-order valence-electron chi connectivity index (χ3n) is 3.42. The second-order valence-corrected chi connectivity index (χ2v) is 7.69. The van der Waals surface area contributed by atoms with Gasteiger partial charge >= 0.3 is 0 Å². The van der Waals surface area contributed by atoms with Crippen LogP contribution >= 0.6 is 23.2 Å². The highest BCUT2D eigenvalue weighted by Crippen LogP contribution is 2.28. The number of sulfonamides is 1. The summed E-state index contributed by atoms with van der Waals surface area (Å²) >= 11 is 11.5. The summed E-state index contributed by atoms with van der Waals surface area (Å²) in [5.74, 6) is -0.880. The van der Waals surface area contributed by atoms with Crippen LogP contribution in [-0.4, -0.2) is 25.8 Å². The molecule has 1 atom stereocenters. The van der Waals surface area contributed by atoms with Gasteiger partial charge in [-0.3, -0.25) is 0 Å². The van der Waals surface area contributed by atoms with Crippen LogP contribution in [0, 0.1) is 11.7 Å². The van der Waals surface area contributed by atoms with E-state index < -0.39 is 20.7 Å². The maximum absolute atomic E-state index is 14.2. The van der Waals surface area contributed by atoms with Crippen molar-refractivity contribution < 1.29 is 12.8 Å². The summed E-state index contributed by atoms with van der Waals surface area (Å²) in [5.41, 5.74) is 0.0725. The minimum atomic E-state index is -3.95. The van der Waals surface area contributed by atoms with Gasteiger partial charge in [0.1, 0.15) is 10.7 Å². The van der Waals surface area contributed by atoms with E-state index in [1.54, 1.807) is 6.92 Å². The van der Waals surface area contributed by atoms with E-state index in [9.17, 15) is 12.8 Å². The van der Waals surface area contributed by atoms with Crippen LogP contribution in [0.5, 0.6) is 0 Å². The molecule has 114 valence electrons. The van der Waals surface area contributed by atoms with E-state index >= 15 is 0 Å². The molecule has 0 fully saturated rings. The van der Waals surface area contributed by atoms with E-state index in [4.69, 9.17) is 23.2 Å². The molecule has 0 amide bonds. The fourth-order valence-electron chi connectivity index (χ4n) is 1.70. The number of hydrogen-bond donors (Lipinski definition) is 0. The first kappa shape index (κ1) is 17.7. The number of alkyl halides is 1. The van der Waals surface area contributed by atoms with Gasteiger partial charge in [0.2, 0.25) is 10.0 Å². The zero-order chi connectivity index (χ0) is 15.7. The number of nitrogens with zero attached hydrogens (tertiary/aromatic N) is 1. The third-order valence-corrected chi connectivity index (χ3v) is 5.87. The minimum absolute atomic E-state index is 0.0725. The molecule has 20 heavy (non-hydrogen) atoms. The Morgan fingerprint density at radius 2 is 1.85 bits per heavy atom. The van der Waals surface area contributed by atoms with Crippen LogP contribution < -0.4 is 0 Å². The molecule has 0 N–H and O–H groups in total. The summed E-state index contributed by atoms with van der Waals surface area (Å²) in [6, 6.07) is 2.18. The molecule has 1 rings (SSSR count). The molecule has 0 radical (unpaired) electrons. The van der Waals surface area contributed by atoms with Gasteiger partial charge in [0.25, 0.3) is 0 Å². The normalized spacial score (nSPS) is 14.1. The highest BCUT2D eigenvalue weighted by Gasteiger charge is 2.30. The summed E-state index contributed by atoms with van der Waals surface area (Å²) in [7, 11) is -2.52. The summed E-state index contributed by atoms with van der Waals surface area (Å²) in [6.45, 7) is 5.57. The molecular weight excluding hydrogens is 324 g/mol. The van der Waals surface area contributed by atoms with Crippen molar-refractivity contribution in [2.24, 2.45) is 5.92 Å². The molecule has 7 heteroatoms. The molecule has 0 aliphatic rings. The van der Waals surface area contributed by atoms with Crippen molar-refractivity contribution in [3.8, 4) is 0 Å². The van der Waals surface area contributed by atoms with E-state index in [0.717, 1.165) is 10.4 Å². The quantitative estimate of drug-likeness (QED) is 0.762. The molecule has 0 saturated heterocycles. The molecule has 0 spiro atoms. The van der Waals surface area contributed by atoms with Crippen molar-refractivity contribution in [2.75, 3.05) is 7.05 Å². The van der Waals surface area contributed by atoms with E-state index in [1.165, 1.54) is 13.1 Å². The van der Waals surface area contributed by atoms with Gasteiger partial charge in [-0.25, -0.2) is 12.8 Å². The topological polar surface area (TPSA) is 37.4 Å². The van der Waals surface area contributed by atoms with E-state index in [1.807, 2.05) is 13.8 Å². The number of rotatable bonds is 5. The molecule has 3 nitrogen and oxygen atoms in total. The Kier molecular flexibility index (Phi) is 5.84. The Hall–Kier alpha value is -0.360. The number of halogens is 3. The van der Waals surface area contributed by atoms with Gasteiger partial charge in [-0.1, -0.05) is 25.4 Å². The number of hydrogen-bond acceptors (Lipinski definition) is 2. The fourth-order valence-corrected chi connectivity index (χ4v) is 3.82. The third kappa shape index (κ3) is 3.45. The van der Waals surface area contributed by atoms with Gasteiger partial charge in [-0.2, -0.15) is 4.31 Å². The van der Waals surface area contributed by atoms with Crippen molar-refractivity contribution in [1.82, 2.24) is 4.31 Å². The molecule has 1 aromatic carbocycles. The average molecular weight is 342 g/mol. The monoisotopic (exact) mass is 341 g/mol. The predicted octanol–water partition coefficient (Wildman–Crippen LogP) is 3.88. The highest BCUT2D eigenvalue weighted by molar-refractivity contribution is 7.89. The standard InChI is InChI=1S/C13H18Cl2FNO2S/c1-8(2)9(3)17(4)20(18,19)12-6-11(15)5-10(7-14)13(12)16/h5-6,8-9H,7H2,1-4H3. The molecule has 1 aromatic rings. The summed E-state index contributed by atoms with van der Waals surface area (Å²) in [4.78, 5) is -0.435. The van der Waals surface area contributed by atoms with Gasteiger partial charge in [-0.05, 0) is 25.0 Å². The highest BCUT2D eigenvalue weighted by atomic mass is 35.5.